The number of rotatable bonds is 3. The maximum Gasteiger partial charge on any atom is 0.276 e. The molecular weight excluding hydrogens is 331 g/mol. The quantitative estimate of drug-likeness (QED) is 0.608. The number of carbonyl (C=O) groups excluding carboxylic acids is 1. The number of nitrogens with one attached hydrogen (secondary N) is 1. The molecule has 0 spiro atoms. The molecule has 0 aliphatic rings. The molecule has 2 heterocycles. The smallest absolute Gasteiger partial charge is 0.276 e. The van der Waals surface area contributed by atoms with Gasteiger partial charge in [-0.3, -0.25) is 4.79 Å². The van der Waals surface area contributed by atoms with Crippen LogP contribution in [-0.4, -0.2) is 20.5 Å². The third-order valence-electron chi connectivity index (χ3n) is 4.01. The number of nitrogens with zero attached hydrogens (tertiary/aromatic N) is 3. The molecule has 0 unspecified atom stereocenters. The van der Waals surface area contributed by atoms with Crippen molar-refractivity contribution in [3.63, 3.8) is 0 Å². The van der Waals surface area contributed by atoms with Crippen molar-refractivity contribution in [2.24, 2.45) is 0 Å². The van der Waals surface area contributed by atoms with E-state index in [-0.39, 0.29) is 17.4 Å². The van der Waals surface area contributed by atoms with E-state index in [2.05, 4.69) is 15.4 Å². The van der Waals surface area contributed by atoms with Gasteiger partial charge in [0.05, 0.1) is 5.69 Å². The lowest BCUT2D eigenvalue weighted by atomic mass is 10.1. The first-order valence-corrected chi connectivity index (χ1v) is 8.09. The van der Waals surface area contributed by atoms with Gasteiger partial charge in [0.1, 0.15) is 5.82 Å². The Hall–Kier alpha value is -3.54. The van der Waals surface area contributed by atoms with Crippen molar-refractivity contribution in [1.82, 2.24) is 14.6 Å². The number of hydrogen-bond acceptors (Lipinski definition) is 3. The van der Waals surface area contributed by atoms with Gasteiger partial charge in [0.25, 0.3) is 5.91 Å². The molecular formula is C20H15FN4O. The minimum atomic E-state index is -0.314. The molecule has 2 aromatic heterocycles. The van der Waals surface area contributed by atoms with Gasteiger partial charge in [-0.2, -0.15) is 5.10 Å². The first-order valence-electron chi connectivity index (χ1n) is 8.09. The van der Waals surface area contributed by atoms with Crippen LogP contribution in [0.5, 0.6) is 0 Å². The zero-order valence-electron chi connectivity index (χ0n) is 14.0. The molecule has 0 saturated heterocycles. The van der Waals surface area contributed by atoms with Gasteiger partial charge in [-0.05, 0) is 55.0 Å². The van der Waals surface area contributed by atoms with Gasteiger partial charge >= 0.3 is 0 Å². The maximum atomic E-state index is 13.2. The summed E-state index contributed by atoms with van der Waals surface area (Å²) in [5, 5.41) is 7.21. The van der Waals surface area contributed by atoms with Gasteiger partial charge in [0, 0.05) is 23.5 Å². The van der Waals surface area contributed by atoms with Crippen LogP contribution in [0.4, 0.5) is 10.1 Å². The lowest BCUT2D eigenvalue weighted by Crippen LogP contribution is -2.12. The van der Waals surface area contributed by atoms with Gasteiger partial charge in [-0.15, -0.1) is 0 Å². The fourth-order valence-corrected chi connectivity index (χ4v) is 2.76. The Labute approximate surface area is 149 Å². The molecule has 1 amide bonds. The third-order valence-corrected chi connectivity index (χ3v) is 4.01. The maximum absolute atomic E-state index is 13.2. The Balaban J connectivity index is 1.70. The van der Waals surface area contributed by atoms with Crippen LogP contribution in [0.15, 0.2) is 66.9 Å². The zero-order valence-corrected chi connectivity index (χ0v) is 14.0. The molecule has 0 aliphatic heterocycles. The molecule has 1 N–H and O–H groups in total. The zero-order chi connectivity index (χ0) is 18.1. The standard InChI is InChI=1S/C20H15FN4O/c1-13-3-2-4-16(11-13)23-20(26)17-12-19-22-10-9-18(25(19)24-17)14-5-7-15(21)8-6-14/h2-12H,1H3,(H,23,26). The second-order valence-corrected chi connectivity index (χ2v) is 5.96. The van der Waals surface area contributed by atoms with Crippen LogP contribution < -0.4 is 5.32 Å². The summed E-state index contributed by atoms with van der Waals surface area (Å²) in [6, 6.07) is 17.0. The van der Waals surface area contributed by atoms with Gasteiger partial charge in [0.2, 0.25) is 0 Å². The molecule has 0 fully saturated rings. The molecule has 26 heavy (non-hydrogen) atoms. The summed E-state index contributed by atoms with van der Waals surface area (Å²) < 4.78 is 14.8. The minimum Gasteiger partial charge on any atom is -0.321 e. The van der Waals surface area contributed by atoms with Crippen LogP contribution in [0.25, 0.3) is 16.9 Å². The number of aryl methyl sites for hydroxylation is 1. The van der Waals surface area contributed by atoms with Crippen LogP contribution in [0.2, 0.25) is 0 Å². The van der Waals surface area contributed by atoms with Crippen LogP contribution in [0, 0.1) is 12.7 Å². The van der Waals surface area contributed by atoms with Crippen molar-refractivity contribution >= 4 is 17.2 Å². The fraction of sp³-hybridized carbons (Fsp3) is 0.0500. The van der Waals surface area contributed by atoms with Crippen LogP contribution in [-0.2, 0) is 0 Å². The van der Waals surface area contributed by atoms with E-state index < -0.39 is 0 Å². The molecule has 0 radical (unpaired) electrons. The average Bonchev–Trinajstić information content (AvgIpc) is 3.07. The second kappa shape index (κ2) is 6.40. The highest BCUT2D eigenvalue weighted by molar-refractivity contribution is 6.03. The van der Waals surface area contributed by atoms with E-state index in [1.807, 2.05) is 31.2 Å². The largest absolute Gasteiger partial charge is 0.321 e. The summed E-state index contributed by atoms with van der Waals surface area (Å²) in [6.45, 7) is 1.96. The molecule has 0 bridgehead atoms. The summed E-state index contributed by atoms with van der Waals surface area (Å²) >= 11 is 0. The van der Waals surface area contributed by atoms with Crippen molar-refractivity contribution in [3.8, 4) is 11.3 Å². The minimum absolute atomic E-state index is 0.258. The number of anilines is 1. The topological polar surface area (TPSA) is 59.3 Å². The Kier molecular flexibility index (Phi) is 3.93. The predicted octanol–water partition coefficient (Wildman–Crippen LogP) is 4.10. The lowest BCUT2D eigenvalue weighted by molar-refractivity contribution is 0.102. The normalized spacial score (nSPS) is 10.8. The first-order chi connectivity index (χ1) is 12.6. The van der Waals surface area contributed by atoms with Crippen LogP contribution >= 0.6 is 0 Å². The highest BCUT2D eigenvalue weighted by Gasteiger charge is 2.14. The number of fused-ring (bicyclic) bond motifs is 1. The van der Waals surface area contributed by atoms with Gasteiger partial charge in [-0.1, -0.05) is 12.1 Å². The van der Waals surface area contributed by atoms with Crippen LogP contribution in [0.1, 0.15) is 16.1 Å². The van der Waals surface area contributed by atoms with Crippen molar-refractivity contribution in [2.75, 3.05) is 5.32 Å². The Morgan fingerprint density at radius 2 is 1.88 bits per heavy atom. The van der Waals surface area contributed by atoms with Crippen molar-refractivity contribution in [3.05, 3.63) is 83.9 Å². The lowest BCUT2D eigenvalue weighted by Gasteiger charge is -2.05. The number of amides is 1. The van der Waals surface area contributed by atoms with Crippen molar-refractivity contribution in [1.29, 1.82) is 0 Å². The number of carbonyl (C=O) groups is 1. The van der Waals surface area contributed by atoms with Crippen molar-refractivity contribution < 1.29 is 9.18 Å². The summed E-state index contributed by atoms with van der Waals surface area (Å²) in [7, 11) is 0. The predicted molar refractivity (Wildman–Crippen MR) is 97.5 cm³/mol. The number of benzene rings is 2. The summed E-state index contributed by atoms with van der Waals surface area (Å²) in [6.07, 6.45) is 1.64. The SMILES string of the molecule is Cc1cccc(NC(=O)c2cc3nccc(-c4ccc(F)cc4)n3n2)c1. The number of aromatic nitrogens is 3. The first kappa shape index (κ1) is 16.0. The monoisotopic (exact) mass is 346 g/mol. The molecule has 6 heteroatoms. The number of halogens is 1. The Morgan fingerprint density at radius 1 is 1.08 bits per heavy atom. The molecule has 0 atom stereocenters. The Morgan fingerprint density at radius 3 is 2.65 bits per heavy atom. The average molecular weight is 346 g/mol. The summed E-state index contributed by atoms with van der Waals surface area (Å²) in [5.41, 5.74) is 4.07. The molecule has 4 rings (SSSR count). The second-order valence-electron chi connectivity index (χ2n) is 5.96. The van der Waals surface area contributed by atoms with E-state index in [0.717, 1.165) is 16.8 Å². The highest BCUT2D eigenvalue weighted by Crippen LogP contribution is 2.21. The molecule has 2 aromatic carbocycles. The molecule has 128 valence electrons. The molecule has 4 aromatic rings. The summed E-state index contributed by atoms with van der Waals surface area (Å²) in [5.74, 6) is -0.621. The Bertz CT molecular complexity index is 1100. The molecule has 5 nitrogen and oxygen atoms in total. The van der Waals surface area contributed by atoms with E-state index in [1.54, 1.807) is 35.0 Å². The van der Waals surface area contributed by atoms with Gasteiger partial charge in [-0.25, -0.2) is 13.9 Å². The molecule has 0 aliphatic carbocycles. The number of hydrogen-bond donors (Lipinski definition) is 1. The van der Waals surface area contributed by atoms with E-state index in [9.17, 15) is 9.18 Å². The summed E-state index contributed by atoms with van der Waals surface area (Å²) in [4.78, 5) is 16.8. The van der Waals surface area contributed by atoms with Crippen molar-refractivity contribution in [2.45, 2.75) is 6.92 Å². The highest BCUT2D eigenvalue weighted by atomic mass is 19.1. The van der Waals surface area contributed by atoms with E-state index in [4.69, 9.17) is 0 Å². The fourth-order valence-electron chi connectivity index (χ4n) is 2.76. The van der Waals surface area contributed by atoms with Crippen LogP contribution in [0.3, 0.4) is 0 Å². The van der Waals surface area contributed by atoms with E-state index >= 15 is 0 Å². The third kappa shape index (κ3) is 3.04. The van der Waals surface area contributed by atoms with E-state index in [0.29, 0.717) is 11.3 Å². The van der Waals surface area contributed by atoms with Gasteiger partial charge in [0.15, 0.2) is 11.3 Å². The van der Waals surface area contributed by atoms with Gasteiger partial charge < -0.3 is 5.32 Å². The molecule has 0 saturated carbocycles. The van der Waals surface area contributed by atoms with E-state index in [1.165, 1.54) is 12.1 Å².